The predicted molar refractivity (Wildman–Crippen MR) is 84.4 cm³/mol. The van der Waals surface area contributed by atoms with Gasteiger partial charge in [-0.3, -0.25) is 14.3 Å². The fourth-order valence-corrected chi connectivity index (χ4v) is 3.42. The molecule has 128 valence electrons. The third-order valence-electron chi connectivity index (χ3n) is 3.82. The van der Waals surface area contributed by atoms with Crippen molar-refractivity contribution in [3.8, 4) is 0 Å². The summed E-state index contributed by atoms with van der Waals surface area (Å²) in [6.07, 6.45) is 3.63. The molecule has 23 heavy (non-hydrogen) atoms. The number of nitrogens with one attached hydrogen (secondary N) is 2. The maximum absolute atomic E-state index is 12.3. The molecule has 0 radical (unpaired) electrons. The molecular formula is C13H21N5O4S. The van der Waals surface area contributed by atoms with Gasteiger partial charge in [-0.1, -0.05) is 0 Å². The van der Waals surface area contributed by atoms with Crippen molar-refractivity contribution < 1.29 is 18.0 Å². The van der Waals surface area contributed by atoms with E-state index >= 15 is 0 Å². The second-order valence-electron chi connectivity index (χ2n) is 5.57. The Kier molecular flexibility index (Phi) is 5.05. The number of piperidine rings is 1. The zero-order chi connectivity index (χ0) is 17.2. The summed E-state index contributed by atoms with van der Waals surface area (Å²) in [4.78, 5) is 24.1. The van der Waals surface area contributed by atoms with Gasteiger partial charge in [0.05, 0.1) is 11.9 Å². The van der Waals surface area contributed by atoms with Gasteiger partial charge in [0.25, 0.3) is 5.91 Å². The van der Waals surface area contributed by atoms with E-state index in [1.807, 2.05) is 0 Å². The number of aryl methyl sites for hydroxylation is 1. The molecule has 1 fully saturated rings. The molecule has 2 amide bonds. The Labute approximate surface area is 135 Å². The van der Waals surface area contributed by atoms with Crippen LogP contribution in [0.4, 0.5) is 5.69 Å². The molecular weight excluding hydrogens is 322 g/mol. The lowest BCUT2D eigenvalue weighted by Gasteiger charge is -2.29. The zero-order valence-corrected chi connectivity index (χ0v) is 14.2. The molecule has 1 aliphatic rings. The number of carbonyl (C=O) groups excluding carboxylic acids is 2. The molecule has 0 atom stereocenters. The first-order chi connectivity index (χ1) is 10.7. The topological polar surface area (TPSA) is 113 Å². The van der Waals surface area contributed by atoms with Gasteiger partial charge in [-0.15, -0.1) is 0 Å². The Morgan fingerprint density at radius 1 is 1.30 bits per heavy atom. The van der Waals surface area contributed by atoms with Crippen molar-refractivity contribution in [2.45, 2.75) is 12.8 Å². The quantitative estimate of drug-likeness (QED) is 0.757. The van der Waals surface area contributed by atoms with Crippen LogP contribution in [0.5, 0.6) is 0 Å². The maximum atomic E-state index is 12.3. The number of sulfonamides is 1. The minimum absolute atomic E-state index is 0.150. The van der Waals surface area contributed by atoms with Gasteiger partial charge in [0.2, 0.25) is 15.9 Å². The molecule has 2 rings (SSSR count). The van der Waals surface area contributed by atoms with Gasteiger partial charge >= 0.3 is 0 Å². The smallest absolute Gasteiger partial charge is 0.273 e. The Bertz CT molecular complexity index is 704. The van der Waals surface area contributed by atoms with Crippen LogP contribution in [0.1, 0.15) is 23.3 Å². The lowest BCUT2D eigenvalue weighted by molar-refractivity contribution is -0.120. The van der Waals surface area contributed by atoms with Crippen LogP contribution in [0.15, 0.2) is 6.20 Å². The van der Waals surface area contributed by atoms with Gasteiger partial charge in [0.15, 0.2) is 5.69 Å². The van der Waals surface area contributed by atoms with Crippen LogP contribution in [0.2, 0.25) is 0 Å². The molecule has 0 saturated carbocycles. The molecule has 0 unspecified atom stereocenters. The standard InChI is InChI=1S/C13H21N5O4S/c1-14-13(20)11-10(8-17(2)16-11)15-12(19)9-4-6-18(7-5-9)23(3,21)22/h8-9H,4-7H2,1-3H3,(H,14,20)(H,15,19). The Morgan fingerprint density at radius 3 is 2.43 bits per heavy atom. The van der Waals surface area contributed by atoms with E-state index in [0.29, 0.717) is 31.6 Å². The normalized spacial score (nSPS) is 17.0. The van der Waals surface area contributed by atoms with E-state index in [2.05, 4.69) is 15.7 Å². The molecule has 10 heteroatoms. The summed E-state index contributed by atoms with van der Waals surface area (Å²) in [5.41, 5.74) is 0.499. The Morgan fingerprint density at radius 2 is 1.91 bits per heavy atom. The van der Waals surface area contributed by atoms with Crippen molar-refractivity contribution >= 4 is 27.5 Å². The van der Waals surface area contributed by atoms with Crippen LogP contribution in [0, 0.1) is 5.92 Å². The first-order valence-corrected chi connectivity index (χ1v) is 9.09. The van der Waals surface area contributed by atoms with Crippen LogP contribution >= 0.6 is 0 Å². The first-order valence-electron chi connectivity index (χ1n) is 7.24. The van der Waals surface area contributed by atoms with Gasteiger partial charge < -0.3 is 10.6 Å². The van der Waals surface area contributed by atoms with Crippen molar-refractivity contribution in [3.05, 3.63) is 11.9 Å². The fourth-order valence-electron chi connectivity index (χ4n) is 2.55. The van der Waals surface area contributed by atoms with Crippen molar-refractivity contribution in [2.24, 2.45) is 13.0 Å². The van der Waals surface area contributed by atoms with Crippen LogP contribution in [-0.4, -0.2) is 60.7 Å². The Balaban J connectivity index is 2.03. The number of hydrogen-bond donors (Lipinski definition) is 2. The van der Waals surface area contributed by atoms with E-state index in [4.69, 9.17) is 0 Å². The van der Waals surface area contributed by atoms with Crippen LogP contribution in [0.3, 0.4) is 0 Å². The van der Waals surface area contributed by atoms with Gasteiger partial charge in [-0.2, -0.15) is 5.10 Å². The third-order valence-corrected chi connectivity index (χ3v) is 5.13. The SMILES string of the molecule is CNC(=O)c1nn(C)cc1NC(=O)C1CCN(S(C)(=O)=O)CC1. The second kappa shape index (κ2) is 6.67. The summed E-state index contributed by atoms with van der Waals surface area (Å²) in [5.74, 6) is -0.894. The molecule has 2 N–H and O–H groups in total. The largest absolute Gasteiger partial charge is 0.354 e. The zero-order valence-electron chi connectivity index (χ0n) is 13.4. The molecule has 0 aromatic carbocycles. The van der Waals surface area contributed by atoms with E-state index in [9.17, 15) is 18.0 Å². The van der Waals surface area contributed by atoms with Gasteiger partial charge in [0, 0.05) is 39.3 Å². The lowest BCUT2D eigenvalue weighted by atomic mass is 9.97. The summed E-state index contributed by atoms with van der Waals surface area (Å²) in [6.45, 7) is 0.651. The number of rotatable bonds is 4. The highest BCUT2D eigenvalue weighted by Crippen LogP contribution is 2.22. The number of aromatic nitrogens is 2. The molecule has 0 spiro atoms. The Hall–Kier alpha value is -1.94. The van der Waals surface area contributed by atoms with Crippen molar-refractivity contribution in [1.82, 2.24) is 19.4 Å². The van der Waals surface area contributed by atoms with Gasteiger partial charge in [0.1, 0.15) is 0 Å². The van der Waals surface area contributed by atoms with E-state index in [1.165, 1.54) is 22.3 Å². The summed E-state index contributed by atoms with van der Waals surface area (Å²) >= 11 is 0. The monoisotopic (exact) mass is 343 g/mol. The predicted octanol–water partition coefficient (Wildman–Crippen LogP) is -0.610. The van der Waals surface area contributed by atoms with E-state index in [0.717, 1.165) is 0 Å². The molecule has 1 aromatic heterocycles. The minimum Gasteiger partial charge on any atom is -0.354 e. The van der Waals surface area contributed by atoms with E-state index in [-0.39, 0.29) is 23.4 Å². The average Bonchev–Trinajstić information content (AvgIpc) is 2.86. The number of amides is 2. The highest BCUT2D eigenvalue weighted by Gasteiger charge is 2.29. The van der Waals surface area contributed by atoms with Crippen molar-refractivity contribution in [2.75, 3.05) is 31.7 Å². The molecule has 0 aliphatic carbocycles. The van der Waals surface area contributed by atoms with E-state index < -0.39 is 10.0 Å². The van der Waals surface area contributed by atoms with Crippen LogP contribution < -0.4 is 10.6 Å². The average molecular weight is 343 g/mol. The summed E-state index contributed by atoms with van der Waals surface area (Å²) < 4.78 is 25.8. The molecule has 1 aromatic rings. The number of anilines is 1. The summed E-state index contributed by atoms with van der Waals surface area (Å²) in [5, 5.41) is 9.22. The van der Waals surface area contributed by atoms with Gasteiger partial charge in [-0.05, 0) is 12.8 Å². The lowest BCUT2D eigenvalue weighted by Crippen LogP contribution is -2.41. The van der Waals surface area contributed by atoms with E-state index in [1.54, 1.807) is 13.2 Å². The van der Waals surface area contributed by atoms with Gasteiger partial charge in [-0.25, -0.2) is 12.7 Å². The highest BCUT2D eigenvalue weighted by atomic mass is 32.2. The fraction of sp³-hybridized carbons (Fsp3) is 0.615. The number of carbonyl (C=O) groups is 2. The molecule has 1 aliphatic heterocycles. The minimum atomic E-state index is -3.22. The van der Waals surface area contributed by atoms with Crippen molar-refractivity contribution in [3.63, 3.8) is 0 Å². The number of nitrogens with zero attached hydrogens (tertiary/aromatic N) is 3. The maximum Gasteiger partial charge on any atom is 0.273 e. The third kappa shape index (κ3) is 4.08. The molecule has 2 heterocycles. The second-order valence-corrected chi connectivity index (χ2v) is 7.55. The summed E-state index contributed by atoms with van der Waals surface area (Å²) in [6, 6.07) is 0. The molecule has 1 saturated heterocycles. The summed E-state index contributed by atoms with van der Waals surface area (Å²) in [7, 11) is -0.0675. The first kappa shape index (κ1) is 17.4. The van der Waals surface area contributed by atoms with Crippen LogP contribution in [-0.2, 0) is 21.9 Å². The molecule has 9 nitrogen and oxygen atoms in total. The van der Waals surface area contributed by atoms with Crippen LogP contribution in [0.25, 0.3) is 0 Å². The highest BCUT2D eigenvalue weighted by molar-refractivity contribution is 7.88. The molecule has 0 bridgehead atoms. The van der Waals surface area contributed by atoms with Crippen molar-refractivity contribution in [1.29, 1.82) is 0 Å². The number of hydrogen-bond acceptors (Lipinski definition) is 5.